The Morgan fingerprint density at radius 1 is 1.32 bits per heavy atom. The van der Waals surface area contributed by atoms with E-state index in [2.05, 4.69) is 20.8 Å². The van der Waals surface area contributed by atoms with Crippen LogP contribution in [0.2, 0.25) is 0 Å². The summed E-state index contributed by atoms with van der Waals surface area (Å²) in [6, 6.07) is 6.53. The summed E-state index contributed by atoms with van der Waals surface area (Å²) in [6.45, 7) is 6.74. The van der Waals surface area contributed by atoms with Crippen molar-refractivity contribution in [3.63, 3.8) is 0 Å². The summed E-state index contributed by atoms with van der Waals surface area (Å²) in [5, 5.41) is 9.67. The maximum atomic E-state index is 12.1. The van der Waals surface area contributed by atoms with Crippen LogP contribution >= 0.6 is 0 Å². The standard InChI is InChI=1S/C16H20O3/c1-15(2)9-16(3)8-12(13(15)16)19-14(18)10-6-4-5-7-11(10)17/h4-7,12-13,17H,8-9H2,1-3H3. The molecule has 2 aliphatic carbocycles. The zero-order valence-electron chi connectivity index (χ0n) is 11.6. The third kappa shape index (κ3) is 1.75. The number of rotatable bonds is 2. The van der Waals surface area contributed by atoms with Crippen molar-refractivity contribution in [2.45, 2.75) is 39.7 Å². The van der Waals surface area contributed by atoms with Crippen LogP contribution in [-0.4, -0.2) is 17.2 Å². The van der Waals surface area contributed by atoms with E-state index in [4.69, 9.17) is 4.74 Å². The number of para-hydroxylation sites is 1. The number of esters is 1. The summed E-state index contributed by atoms with van der Waals surface area (Å²) in [6.07, 6.45) is 2.15. The van der Waals surface area contributed by atoms with Crippen LogP contribution in [0, 0.1) is 16.7 Å². The lowest BCUT2D eigenvalue weighted by atomic mass is 9.37. The molecule has 1 aromatic carbocycles. The van der Waals surface area contributed by atoms with Crippen molar-refractivity contribution >= 4 is 5.97 Å². The summed E-state index contributed by atoms with van der Waals surface area (Å²) >= 11 is 0. The second-order valence-corrected chi connectivity index (χ2v) is 6.96. The molecule has 3 atom stereocenters. The Labute approximate surface area is 113 Å². The Morgan fingerprint density at radius 2 is 2.00 bits per heavy atom. The smallest absolute Gasteiger partial charge is 0.342 e. The highest BCUT2D eigenvalue weighted by Crippen LogP contribution is 2.70. The Bertz CT molecular complexity index is 525. The molecule has 2 fully saturated rings. The number of phenolic OH excluding ortho intramolecular Hbond substituents is 1. The zero-order chi connectivity index (χ0) is 13.8. The molecule has 2 saturated carbocycles. The van der Waals surface area contributed by atoms with Gasteiger partial charge >= 0.3 is 5.97 Å². The first-order chi connectivity index (χ1) is 8.83. The highest BCUT2D eigenvalue weighted by atomic mass is 16.5. The van der Waals surface area contributed by atoms with E-state index >= 15 is 0 Å². The molecular weight excluding hydrogens is 240 g/mol. The first-order valence-corrected chi connectivity index (χ1v) is 6.82. The van der Waals surface area contributed by atoms with Crippen LogP contribution in [0.5, 0.6) is 5.75 Å². The van der Waals surface area contributed by atoms with Crippen LogP contribution in [0.4, 0.5) is 0 Å². The predicted octanol–water partition coefficient (Wildman–Crippen LogP) is 3.37. The number of carbonyl (C=O) groups is 1. The third-order valence-corrected chi connectivity index (χ3v) is 4.87. The highest BCUT2D eigenvalue weighted by Gasteiger charge is 2.67. The van der Waals surface area contributed by atoms with Gasteiger partial charge in [0.05, 0.1) is 0 Å². The number of hydrogen-bond donors (Lipinski definition) is 1. The molecule has 0 radical (unpaired) electrons. The lowest BCUT2D eigenvalue weighted by Crippen LogP contribution is -2.67. The Morgan fingerprint density at radius 3 is 2.58 bits per heavy atom. The van der Waals surface area contributed by atoms with Gasteiger partial charge in [-0.2, -0.15) is 0 Å². The fraction of sp³-hybridized carbons (Fsp3) is 0.562. The molecule has 3 rings (SSSR count). The van der Waals surface area contributed by atoms with Gasteiger partial charge in [-0.1, -0.05) is 32.9 Å². The maximum absolute atomic E-state index is 12.1. The van der Waals surface area contributed by atoms with Crippen molar-refractivity contribution < 1.29 is 14.6 Å². The number of phenols is 1. The van der Waals surface area contributed by atoms with Crippen molar-refractivity contribution in [3.8, 4) is 5.75 Å². The topological polar surface area (TPSA) is 46.5 Å². The first-order valence-electron chi connectivity index (χ1n) is 6.82. The molecule has 3 nitrogen and oxygen atoms in total. The van der Waals surface area contributed by atoms with Crippen LogP contribution in [0.1, 0.15) is 44.0 Å². The predicted molar refractivity (Wildman–Crippen MR) is 71.9 cm³/mol. The molecule has 102 valence electrons. The van der Waals surface area contributed by atoms with E-state index in [-0.39, 0.29) is 22.8 Å². The number of hydrogen-bond acceptors (Lipinski definition) is 3. The van der Waals surface area contributed by atoms with Crippen molar-refractivity contribution in [1.29, 1.82) is 0 Å². The molecule has 0 heterocycles. The number of aromatic hydroxyl groups is 1. The molecule has 19 heavy (non-hydrogen) atoms. The zero-order valence-corrected chi connectivity index (χ0v) is 11.6. The summed E-state index contributed by atoms with van der Waals surface area (Å²) in [5.74, 6) is 0.0325. The fourth-order valence-corrected chi connectivity index (χ4v) is 4.60. The molecule has 0 aliphatic heterocycles. The molecule has 1 aromatic rings. The first kappa shape index (κ1) is 12.5. The molecule has 1 N–H and O–H groups in total. The van der Waals surface area contributed by atoms with Crippen molar-refractivity contribution in [3.05, 3.63) is 29.8 Å². The van der Waals surface area contributed by atoms with Gasteiger partial charge in [0, 0.05) is 5.92 Å². The lowest BCUT2D eigenvalue weighted by Gasteiger charge is -2.69. The minimum absolute atomic E-state index is 0.000793. The van der Waals surface area contributed by atoms with E-state index in [1.807, 2.05) is 0 Å². The number of fused-ring (bicyclic) bond motifs is 1. The van der Waals surface area contributed by atoms with Gasteiger partial charge in [0.2, 0.25) is 0 Å². The van der Waals surface area contributed by atoms with E-state index in [1.54, 1.807) is 18.2 Å². The van der Waals surface area contributed by atoms with Crippen molar-refractivity contribution in [1.82, 2.24) is 0 Å². The van der Waals surface area contributed by atoms with Gasteiger partial charge in [0.1, 0.15) is 17.4 Å². The second kappa shape index (κ2) is 3.75. The molecule has 3 unspecified atom stereocenters. The molecule has 2 aliphatic rings. The van der Waals surface area contributed by atoms with Crippen LogP contribution in [0.3, 0.4) is 0 Å². The second-order valence-electron chi connectivity index (χ2n) is 6.96. The van der Waals surface area contributed by atoms with Crippen LogP contribution < -0.4 is 0 Å². The molecule has 0 bridgehead atoms. The van der Waals surface area contributed by atoms with Crippen molar-refractivity contribution in [2.75, 3.05) is 0 Å². The Balaban J connectivity index is 1.71. The van der Waals surface area contributed by atoms with E-state index in [0.29, 0.717) is 11.3 Å². The Kier molecular flexibility index (Phi) is 2.47. The quantitative estimate of drug-likeness (QED) is 0.829. The molecule has 3 heteroatoms. The summed E-state index contributed by atoms with van der Waals surface area (Å²) < 4.78 is 5.59. The van der Waals surface area contributed by atoms with Gasteiger partial charge in [0.25, 0.3) is 0 Å². The summed E-state index contributed by atoms with van der Waals surface area (Å²) in [7, 11) is 0. The summed E-state index contributed by atoms with van der Waals surface area (Å²) in [4.78, 5) is 12.1. The Hall–Kier alpha value is -1.51. The average molecular weight is 260 g/mol. The normalized spacial score (nSPS) is 34.7. The number of carbonyl (C=O) groups excluding carboxylic acids is 1. The van der Waals surface area contributed by atoms with Crippen molar-refractivity contribution in [2.24, 2.45) is 16.7 Å². The van der Waals surface area contributed by atoms with Crippen LogP contribution in [-0.2, 0) is 4.74 Å². The van der Waals surface area contributed by atoms with Gasteiger partial charge in [0.15, 0.2) is 0 Å². The molecule has 0 amide bonds. The average Bonchev–Trinajstić information content (AvgIpc) is 2.26. The lowest BCUT2D eigenvalue weighted by molar-refractivity contribution is -0.246. The fourth-order valence-electron chi connectivity index (χ4n) is 4.60. The van der Waals surface area contributed by atoms with E-state index in [1.165, 1.54) is 12.5 Å². The number of ether oxygens (including phenoxy) is 1. The monoisotopic (exact) mass is 260 g/mol. The molecule has 0 saturated heterocycles. The van der Waals surface area contributed by atoms with Crippen LogP contribution in [0.15, 0.2) is 24.3 Å². The summed E-state index contributed by atoms with van der Waals surface area (Å²) in [5.41, 5.74) is 0.873. The third-order valence-electron chi connectivity index (χ3n) is 4.87. The molecule has 0 spiro atoms. The largest absolute Gasteiger partial charge is 0.507 e. The van der Waals surface area contributed by atoms with E-state index in [0.717, 1.165) is 6.42 Å². The van der Waals surface area contributed by atoms with Gasteiger partial charge in [-0.25, -0.2) is 4.79 Å². The van der Waals surface area contributed by atoms with Gasteiger partial charge in [-0.05, 0) is 35.8 Å². The van der Waals surface area contributed by atoms with E-state index < -0.39 is 5.97 Å². The molecular formula is C16H20O3. The minimum atomic E-state index is -0.409. The van der Waals surface area contributed by atoms with Gasteiger partial charge in [-0.15, -0.1) is 0 Å². The van der Waals surface area contributed by atoms with E-state index in [9.17, 15) is 9.90 Å². The van der Waals surface area contributed by atoms with Gasteiger partial charge < -0.3 is 9.84 Å². The SMILES string of the molecule is CC1(C)CC2(C)CC(OC(=O)c3ccccc3O)C12. The highest BCUT2D eigenvalue weighted by molar-refractivity contribution is 5.92. The molecule has 0 aromatic heterocycles. The maximum Gasteiger partial charge on any atom is 0.342 e. The number of benzene rings is 1. The minimum Gasteiger partial charge on any atom is -0.507 e. The van der Waals surface area contributed by atoms with Crippen LogP contribution in [0.25, 0.3) is 0 Å². The van der Waals surface area contributed by atoms with Gasteiger partial charge in [-0.3, -0.25) is 0 Å².